The Hall–Kier alpha value is -3.47. The number of nitrogens with one attached hydrogen (secondary N) is 1. The van der Waals surface area contributed by atoms with Gasteiger partial charge in [-0.1, -0.05) is 48.5 Å². The van der Waals surface area contributed by atoms with Crippen molar-refractivity contribution >= 4 is 17.5 Å². The first-order valence-electron chi connectivity index (χ1n) is 9.40. The molecule has 0 fully saturated rings. The lowest BCUT2D eigenvalue weighted by atomic mass is 10.0. The van der Waals surface area contributed by atoms with Gasteiger partial charge in [-0.2, -0.15) is 0 Å². The lowest BCUT2D eigenvalue weighted by Crippen LogP contribution is -2.36. The Labute approximate surface area is 164 Å². The highest BCUT2D eigenvalue weighted by Gasteiger charge is 2.24. The molecule has 140 valence electrons. The quantitative estimate of drug-likeness (QED) is 0.762. The van der Waals surface area contributed by atoms with Crippen LogP contribution in [0.3, 0.4) is 0 Å². The first-order valence-corrected chi connectivity index (χ1v) is 9.40. The van der Waals surface area contributed by atoms with E-state index in [-0.39, 0.29) is 17.5 Å². The van der Waals surface area contributed by atoms with E-state index in [1.807, 2.05) is 48.5 Å². The van der Waals surface area contributed by atoms with Crippen LogP contribution in [0, 0.1) is 0 Å². The standard InChI is InChI=1S/C23H21N3O2/c27-22(25-16-17-7-2-1-3-8-17)19-12-13-24-20(15-19)23(28)26-14-6-10-18-9-4-5-11-21(18)26/h1-5,7-9,11-13,15H,6,10,14,16H2,(H,25,27). The number of carbonyl (C=O) groups excluding carboxylic acids is 2. The third kappa shape index (κ3) is 3.78. The average Bonchev–Trinajstić information content (AvgIpc) is 2.77. The summed E-state index contributed by atoms with van der Waals surface area (Å²) in [7, 11) is 0. The maximum atomic E-state index is 13.0. The molecule has 1 N–H and O–H groups in total. The zero-order valence-corrected chi connectivity index (χ0v) is 15.5. The van der Waals surface area contributed by atoms with Crippen molar-refractivity contribution in [3.8, 4) is 0 Å². The molecule has 0 bridgehead atoms. The minimum Gasteiger partial charge on any atom is -0.348 e. The molecule has 1 aliphatic heterocycles. The Morgan fingerprint density at radius 1 is 1.00 bits per heavy atom. The summed E-state index contributed by atoms with van der Waals surface area (Å²) >= 11 is 0. The molecule has 0 radical (unpaired) electrons. The summed E-state index contributed by atoms with van der Waals surface area (Å²) < 4.78 is 0. The molecule has 0 atom stereocenters. The van der Waals surface area contributed by atoms with E-state index in [9.17, 15) is 9.59 Å². The van der Waals surface area contributed by atoms with E-state index in [1.54, 1.807) is 17.0 Å². The summed E-state index contributed by atoms with van der Waals surface area (Å²) in [4.78, 5) is 31.5. The van der Waals surface area contributed by atoms with Gasteiger partial charge in [0, 0.05) is 30.5 Å². The molecule has 0 unspecified atom stereocenters. The Kier molecular flexibility index (Phi) is 5.15. The molecule has 5 heteroatoms. The SMILES string of the molecule is O=C(NCc1ccccc1)c1ccnc(C(=O)N2CCCc3ccccc32)c1. The van der Waals surface area contributed by atoms with E-state index in [0.29, 0.717) is 18.7 Å². The van der Waals surface area contributed by atoms with Crippen LogP contribution in [0.1, 0.15) is 38.4 Å². The number of benzene rings is 2. The van der Waals surface area contributed by atoms with Crippen LogP contribution >= 0.6 is 0 Å². The van der Waals surface area contributed by atoms with Crippen LogP contribution < -0.4 is 10.2 Å². The van der Waals surface area contributed by atoms with Gasteiger partial charge in [0.05, 0.1) is 0 Å². The number of aromatic nitrogens is 1. The maximum absolute atomic E-state index is 13.0. The Balaban J connectivity index is 1.51. The average molecular weight is 371 g/mol. The normalized spacial score (nSPS) is 12.9. The van der Waals surface area contributed by atoms with Crippen LogP contribution in [0.25, 0.3) is 0 Å². The number of pyridine rings is 1. The van der Waals surface area contributed by atoms with Gasteiger partial charge in [0.2, 0.25) is 0 Å². The van der Waals surface area contributed by atoms with Crippen molar-refractivity contribution in [2.45, 2.75) is 19.4 Å². The van der Waals surface area contributed by atoms with Gasteiger partial charge in [-0.05, 0) is 42.2 Å². The van der Waals surface area contributed by atoms with Gasteiger partial charge in [0.15, 0.2) is 0 Å². The minimum atomic E-state index is -0.223. The number of fused-ring (bicyclic) bond motifs is 1. The van der Waals surface area contributed by atoms with Crippen molar-refractivity contribution in [2.75, 3.05) is 11.4 Å². The smallest absolute Gasteiger partial charge is 0.276 e. The molecule has 0 saturated heterocycles. The van der Waals surface area contributed by atoms with Crippen molar-refractivity contribution in [1.29, 1.82) is 0 Å². The van der Waals surface area contributed by atoms with Gasteiger partial charge in [-0.15, -0.1) is 0 Å². The summed E-state index contributed by atoms with van der Waals surface area (Å²) in [6, 6.07) is 20.8. The molecule has 4 rings (SSSR count). The molecular formula is C23H21N3O2. The van der Waals surface area contributed by atoms with Crippen LogP contribution in [0.15, 0.2) is 72.9 Å². The monoisotopic (exact) mass is 371 g/mol. The molecule has 2 amide bonds. The van der Waals surface area contributed by atoms with Crippen molar-refractivity contribution in [3.63, 3.8) is 0 Å². The lowest BCUT2D eigenvalue weighted by Gasteiger charge is -2.29. The van der Waals surface area contributed by atoms with Crippen molar-refractivity contribution in [3.05, 3.63) is 95.3 Å². The van der Waals surface area contributed by atoms with Gasteiger partial charge in [0.25, 0.3) is 11.8 Å². The molecule has 28 heavy (non-hydrogen) atoms. The summed E-state index contributed by atoms with van der Waals surface area (Å²) in [6.07, 6.45) is 3.40. The van der Waals surface area contributed by atoms with Gasteiger partial charge in [-0.3, -0.25) is 14.6 Å². The second kappa shape index (κ2) is 8.05. The molecule has 0 aliphatic carbocycles. The van der Waals surface area contributed by atoms with E-state index in [1.165, 1.54) is 11.8 Å². The number of anilines is 1. The fraction of sp³-hybridized carbons (Fsp3) is 0.174. The topological polar surface area (TPSA) is 62.3 Å². The Morgan fingerprint density at radius 3 is 2.64 bits per heavy atom. The Bertz CT molecular complexity index is 1000. The third-order valence-electron chi connectivity index (χ3n) is 4.89. The number of rotatable bonds is 4. The zero-order valence-electron chi connectivity index (χ0n) is 15.5. The minimum absolute atomic E-state index is 0.176. The molecule has 3 aromatic rings. The molecule has 2 heterocycles. The molecule has 1 aromatic heterocycles. The summed E-state index contributed by atoms with van der Waals surface area (Å²) in [6.45, 7) is 1.09. The van der Waals surface area contributed by atoms with Gasteiger partial charge in [0.1, 0.15) is 5.69 Å². The third-order valence-corrected chi connectivity index (χ3v) is 4.89. The van der Waals surface area contributed by atoms with Gasteiger partial charge < -0.3 is 10.2 Å². The van der Waals surface area contributed by atoms with E-state index in [4.69, 9.17) is 0 Å². The molecular weight excluding hydrogens is 350 g/mol. The number of para-hydroxylation sites is 1. The van der Waals surface area contributed by atoms with Crippen LogP contribution in [-0.4, -0.2) is 23.3 Å². The number of amides is 2. The first-order chi connectivity index (χ1) is 13.7. The highest BCUT2D eigenvalue weighted by Crippen LogP contribution is 2.27. The van der Waals surface area contributed by atoms with E-state index in [0.717, 1.165) is 24.1 Å². The molecule has 5 nitrogen and oxygen atoms in total. The molecule has 1 aliphatic rings. The second-order valence-corrected chi connectivity index (χ2v) is 6.79. The molecule has 0 spiro atoms. The van der Waals surface area contributed by atoms with Crippen LogP contribution in [0.5, 0.6) is 0 Å². The fourth-order valence-electron chi connectivity index (χ4n) is 3.45. The highest BCUT2D eigenvalue weighted by molar-refractivity contribution is 6.07. The van der Waals surface area contributed by atoms with Crippen LogP contribution in [-0.2, 0) is 13.0 Å². The lowest BCUT2D eigenvalue weighted by molar-refractivity contribution is 0.0951. The predicted molar refractivity (Wildman–Crippen MR) is 108 cm³/mol. The van der Waals surface area contributed by atoms with Crippen molar-refractivity contribution in [2.24, 2.45) is 0 Å². The fourth-order valence-corrected chi connectivity index (χ4v) is 3.45. The molecule has 0 saturated carbocycles. The summed E-state index contributed by atoms with van der Waals surface area (Å²) in [5.74, 6) is -0.399. The first kappa shape index (κ1) is 17.9. The maximum Gasteiger partial charge on any atom is 0.276 e. The number of hydrogen-bond acceptors (Lipinski definition) is 3. The zero-order chi connectivity index (χ0) is 19.3. The largest absolute Gasteiger partial charge is 0.348 e. The summed E-state index contributed by atoms with van der Waals surface area (Å²) in [5.41, 5.74) is 3.83. The second-order valence-electron chi connectivity index (χ2n) is 6.79. The number of nitrogens with zero attached hydrogens (tertiary/aromatic N) is 2. The number of aryl methyl sites for hydroxylation is 1. The number of carbonyl (C=O) groups is 2. The van der Waals surface area contributed by atoms with E-state index >= 15 is 0 Å². The molecule has 2 aromatic carbocycles. The number of hydrogen-bond donors (Lipinski definition) is 1. The highest BCUT2D eigenvalue weighted by atomic mass is 16.2. The van der Waals surface area contributed by atoms with Crippen molar-refractivity contribution < 1.29 is 9.59 Å². The Morgan fingerprint density at radius 2 is 1.79 bits per heavy atom. The van der Waals surface area contributed by atoms with E-state index in [2.05, 4.69) is 16.4 Å². The predicted octanol–water partition coefficient (Wildman–Crippen LogP) is 3.60. The van der Waals surface area contributed by atoms with E-state index < -0.39 is 0 Å². The van der Waals surface area contributed by atoms with Gasteiger partial charge >= 0.3 is 0 Å². The summed E-state index contributed by atoms with van der Waals surface area (Å²) in [5, 5.41) is 2.88. The van der Waals surface area contributed by atoms with Gasteiger partial charge in [-0.25, -0.2) is 0 Å². The van der Waals surface area contributed by atoms with Crippen LogP contribution in [0.4, 0.5) is 5.69 Å². The van der Waals surface area contributed by atoms with Crippen molar-refractivity contribution in [1.82, 2.24) is 10.3 Å². The van der Waals surface area contributed by atoms with Crippen LogP contribution in [0.2, 0.25) is 0 Å².